The van der Waals surface area contributed by atoms with Crippen LogP contribution >= 0.6 is 11.8 Å². The Morgan fingerprint density at radius 2 is 2.15 bits per heavy atom. The number of aromatic carboxylic acids is 1. The number of nitrogens with one attached hydrogen (secondary N) is 1. The zero-order chi connectivity index (χ0) is 14.9. The molecule has 2 rings (SSSR count). The van der Waals surface area contributed by atoms with Crippen molar-refractivity contribution in [1.82, 2.24) is 5.32 Å². The normalized spacial score (nSPS) is 17.6. The number of rotatable bonds is 3. The van der Waals surface area contributed by atoms with Gasteiger partial charge in [0, 0.05) is 11.9 Å². The molecular weight excluding hydrogens is 280 g/mol. The van der Waals surface area contributed by atoms with Crippen LogP contribution in [0.4, 0.5) is 5.69 Å². The molecule has 0 aliphatic carbocycles. The molecule has 0 saturated carbocycles. The standard InChI is InChI=1S/C13H14N2O4S/c1-7-12(17)15(6-11(16)14-2)9-5-8(13(18)19)3-4-10(9)20-7/h3-5,7H,6H2,1-2H3,(H,14,16)(H,18,19). The monoisotopic (exact) mass is 294 g/mol. The molecule has 2 N–H and O–H groups in total. The number of anilines is 1. The van der Waals surface area contributed by atoms with Crippen molar-refractivity contribution >= 4 is 35.2 Å². The first kappa shape index (κ1) is 14.4. The first-order valence-electron chi connectivity index (χ1n) is 6.00. The van der Waals surface area contributed by atoms with Crippen LogP contribution in [0.2, 0.25) is 0 Å². The van der Waals surface area contributed by atoms with Crippen molar-refractivity contribution < 1.29 is 19.5 Å². The molecule has 1 heterocycles. The minimum absolute atomic E-state index is 0.0913. The number of hydrogen-bond acceptors (Lipinski definition) is 4. The maximum atomic E-state index is 12.2. The van der Waals surface area contributed by atoms with Gasteiger partial charge in [-0.15, -0.1) is 11.8 Å². The summed E-state index contributed by atoms with van der Waals surface area (Å²) in [5.74, 6) is -1.57. The molecule has 1 aromatic rings. The van der Waals surface area contributed by atoms with Crippen LogP contribution in [0.15, 0.2) is 23.1 Å². The molecule has 1 aromatic carbocycles. The number of carboxylic acids is 1. The molecule has 106 valence electrons. The van der Waals surface area contributed by atoms with E-state index in [0.29, 0.717) is 5.69 Å². The van der Waals surface area contributed by atoms with E-state index in [0.717, 1.165) is 4.90 Å². The van der Waals surface area contributed by atoms with Crippen molar-refractivity contribution in [3.8, 4) is 0 Å². The summed E-state index contributed by atoms with van der Waals surface area (Å²) in [6.45, 7) is 1.65. The van der Waals surface area contributed by atoms with Crippen molar-refractivity contribution in [2.45, 2.75) is 17.1 Å². The summed E-state index contributed by atoms with van der Waals surface area (Å²) in [5.41, 5.74) is 0.565. The van der Waals surface area contributed by atoms with Crippen molar-refractivity contribution in [1.29, 1.82) is 0 Å². The van der Waals surface area contributed by atoms with Crippen molar-refractivity contribution in [3.63, 3.8) is 0 Å². The van der Waals surface area contributed by atoms with E-state index >= 15 is 0 Å². The summed E-state index contributed by atoms with van der Waals surface area (Å²) in [7, 11) is 1.49. The largest absolute Gasteiger partial charge is 0.478 e. The number of carbonyl (C=O) groups is 3. The molecule has 7 heteroatoms. The molecule has 0 saturated heterocycles. The molecular formula is C13H14N2O4S. The molecule has 1 aliphatic heterocycles. The SMILES string of the molecule is CNC(=O)CN1C(=O)C(C)Sc2ccc(C(=O)O)cc21. The summed E-state index contributed by atoms with van der Waals surface area (Å²) < 4.78 is 0. The predicted molar refractivity (Wildman–Crippen MR) is 75.1 cm³/mol. The van der Waals surface area contributed by atoms with E-state index in [2.05, 4.69) is 5.32 Å². The fraction of sp³-hybridized carbons (Fsp3) is 0.308. The Balaban J connectivity index is 2.46. The second kappa shape index (κ2) is 5.54. The quantitative estimate of drug-likeness (QED) is 0.867. The number of hydrogen-bond donors (Lipinski definition) is 2. The third-order valence-electron chi connectivity index (χ3n) is 2.99. The molecule has 1 unspecified atom stereocenters. The Labute approximate surface area is 120 Å². The molecule has 1 atom stereocenters. The lowest BCUT2D eigenvalue weighted by molar-refractivity contribution is -0.123. The maximum Gasteiger partial charge on any atom is 0.335 e. The van der Waals surface area contributed by atoms with Gasteiger partial charge in [-0.2, -0.15) is 0 Å². The minimum Gasteiger partial charge on any atom is -0.478 e. The molecule has 1 aliphatic rings. The molecule has 0 radical (unpaired) electrons. The van der Waals surface area contributed by atoms with Crippen LogP contribution in [-0.2, 0) is 9.59 Å². The van der Waals surface area contributed by atoms with Gasteiger partial charge in [-0.05, 0) is 25.1 Å². The summed E-state index contributed by atoms with van der Waals surface area (Å²) in [6.07, 6.45) is 0. The average Bonchev–Trinajstić information content (AvgIpc) is 2.43. The van der Waals surface area contributed by atoms with Crippen molar-refractivity contribution in [2.24, 2.45) is 0 Å². The second-order valence-electron chi connectivity index (χ2n) is 4.35. The number of likely N-dealkylation sites (N-methyl/N-ethyl adjacent to an activating group) is 1. The molecule has 2 amide bonds. The van der Waals surface area contributed by atoms with Crippen molar-refractivity contribution in [3.05, 3.63) is 23.8 Å². The Kier molecular flexibility index (Phi) is 3.99. The van der Waals surface area contributed by atoms with Gasteiger partial charge in [-0.1, -0.05) is 0 Å². The molecule has 0 aromatic heterocycles. The highest BCUT2D eigenvalue weighted by molar-refractivity contribution is 8.01. The average molecular weight is 294 g/mol. The van der Waals surface area contributed by atoms with Gasteiger partial charge in [0.15, 0.2) is 0 Å². The lowest BCUT2D eigenvalue weighted by Crippen LogP contribution is -2.45. The zero-order valence-electron chi connectivity index (χ0n) is 11.0. The second-order valence-corrected chi connectivity index (χ2v) is 5.73. The lowest BCUT2D eigenvalue weighted by Gasteiger charge is -2.31. The van der Waals surface area contributed by atoms with Gasteiger partial charge in [0.25, 0.3) is 0 Å². The maximum absolute atomic E-state index is 12.2. The number of benzene rings is 1. The van der Waals surface area contributed by atoms with Crippen LogP contribution in [0.3, 0.4) is 0 Å². The number of carboxylic acid groups (broad SMARTS) is 1. The zero-order valence-corrected chi connectivity index (χ0v) is 11.9. The topological polar surface area (TPSA) is 86.7 Å². The summed E-state index contributed by atoms with van der Waals surface area (Å²) in [6, 6.07) is 4.59. The van der Waals surface area contributed by atoms with Crippen LogP contribution < -0.4 is 10.2 Å². The predicted octanol–water partition coefficient (Wildman–Crippen LogP) is 0.958. The molecule has 6 nitrogen and oxygen atoms in total. The molecule has 0 spiro atoms. The van der Waals surface area contributed by atoms with E-state index in [9.17, 15) is 14.4 Å². The Morgan fingerprint density at radius 3 is 2.75 bits per heavy atom. The molecule has 0 fully saturated rings. The number of amides is 2. The van der Waals surface area contributed by atoms with Gasteiger partial charge < -0.3 is 15.3 Å². The van der Waals surface area contributed by atoms with E-state index in [1.807, 2.05) is 0 Å². The number of thioether (sulfide) groups is 1. The van der Waals surface area contributed by atoms with Crippen LogP contribution in [0.5, 0.6) is 0 Å². The van der Waals surface area contributed by atoms with Gasteiger partial charge in [0.2, 0.25) is 11.8 Å². The van der Waals surface area contributed by atoms with Crippen LogP contribution in [-0.4, -0.2) is 41.7 Å². The molecule has 0 bridgehead atoms. The highest BCUT2D eigenvalue weighted by Gasteiger charge is 2.32. The first-order valence-corrected chi connectivity index (χ1v) is 6.88. The van der Waals surface area contributed by atoms with Gasteiger partial charge >= 0.3 is 5.97 Å². The van der Waals surface area contributed by atoms with Crippen LogP contribution in [0.25, 0.3) is 0 Å². The van der Waals surface area contributed by atoms with E-state index < -0.39 is 5.97 Å². The van der Waals surface area contributed by atoms with E-state index in [4.69, 9.17) is 5.11 Å². The number of carbonyl (C=O) groups excluding carboxylic acids is 2. The fourth-order valence-electron chi connectivity index (χ4n) is 1.93. The number of fused-ring (bicyclic) bond motifs is 1. The minimum atomic E-state index is -1.07. The highest BCUT2D eigenvalue weighted by Crippen LogP contribution is 2.39. The van der Waals surface area contributed by atoms with E-state index in [1.165, 1.54) is 35.8 Å². The fourth-order valence-corrected chi connectivity index (χ4v) is 2.97. The third kappa shape index (κ3) is 2.62. The Bertz CT molecular complexity index is 588. The third-order valence-corrected chi connectivity index (χ3v) is 4.15. The lowest BCUT2D eigenvalue weighted by atomic mass is 10.1. The smallest absolute Gasteiger partial charge is 0.335 e. The highest BCUT2D eigenvalue weighted by atomic mass is 32.2. The van der Waals surface area contributed by atoms with E-state index in [1.54, 1.807) is 13.0 Å². The Morgan fingerprint density at radius 1 is 1.45 bits per heavy atom. The van der Waals surface area contributed by atoms with E-state index in [-0.39, 0.29) is 29.2 Å². The Hall–Kier alpha value is -2.02. The summed E-state index contributed by atoms with van der Waals surface area (Å²) in [5, 5.41) is 11.2. The molecule has 20 heavy (non-hydrogen) atoms. The van der Waals surface area contributed by atoms with Gasteiger partial charge in [-0.3, -0.25) is 9.59 Å². The van der Waals surface area contributed by atoms with Crippen LogP contribution in [0, 0.1) is 0 Å². The van der Waals surface area contributed by atoms with Crippen LogP contribution in [0.1, 0.15) is 17.3 Å². The summed E-state index contributed by atoms with van der Waals surface area (Å²) >= 11 is 1.36. The van der Waals surface area contributed by atoms with Gasteiger partial charge in [0.05, 0.1) is 16.5 Å². The number of nitrogens with zero attached hydrogens (tertiary/aromatic N) is 1. The first-order chi connectivity index (χ1) is 9.43. The summed E-state index contributed by atoms with van der Waals surface area (Å²) in [4.78, 5) is 36.9. The van der Waals surface area contributed by atoms with Gasteiger partial charge in [0.1, 0.15) is 6.54 Å². The van der Waals surface area contributed by atoms with Gasteiger partial charge in [-0.25, -0.2) is 4.79 Å². The van der Waals surface area contributed by atoms with Crippen molar-refractivity contribution in [2.75, 3.05) is 18.5 Å².